The first-order chi connectivity index (χ1) is 14.3. The van der Waals surface area contributed by atoms with Gasteiger partial charge in [-0.2, -0.15) is 20.1 Å². The van der Waals surface area contributed by atoms with Gasteiger partial charge in [0.05, 0.1) is 19.4 Å². The Balaban J connectivity index is 1.81. The van der Waals surface area contributed by atoms with Crippen LogP contribution in [0.1, 0.15) is 34.6 Å². The summed E-state index contributed by atoms with van der Waals surface area (Å²) in [5, 5.41) is 4.31. The van der Waals surface area contributed by atoms with Crippen LogP contribution in [0.2, 0.25) is 0 Å². The molecule has 3 rings (SSSR count). The fourth-order valence-corrected chi connectivity index (χ4v) is 3.75. The Bertz CT molecular complexity index is 897. The lowest BCUT2D eigenvalue weighted by atomic mass is 9.91. The summed E-state index contributed by atoms with van der Waals surface area (Å²) in [5.74, 6) is 0.880. The highest BCUT2D eigenvalue weighted by Gasteiger charge is 2.34. The van der Waals surface area contributed by atoms with Gasteiger partial charge in [-0.3, -0.25) is 4.79 Å². The summed E-state index contributed by atoms with van der Waals surface area (Å²) in [7, 11) is 1.52. The van der Waals surface area contributed by atoms with Crippen LogP contribution in [0.15, 0.2) is 41.2 Å². The fraction of sp³-hybridized carbons (Fsp3) is 0.476. The minimum absolute atomic E-state index is 0.00406. The van der Waals surface area contributed by atoms with Gasteiger partial charge in [-0.25, -0.2) is 5.43 Å². The maximum atomic E-state index is 11.9. The summed E-state index contributed by atoms with van der Waals surface area (Å²) >= 11 is 0. The number of carbonyl (C=O) groups excluding carboxylic acids is 1. The first-order valence-corrected chi connectivity index (χ1v) is 10.0. The highest BCUT2D eigenvalue weighted by atomic mass is 16.5. The number of anilines is 2. The van der Waals surface area contributed by atoms with Crippen LogP contribution in [-0.4, -0.2) is 57.2 Å². The Morgan fingerprint density at radius 3 is 2.53 bits per heavy atom. The lowest BCUT2D eigenvalue weighted by molar-refractivity contribution is -0.127. The smallest absolute Gasteiger partial charge is 0.322 e. The summed E-state index contributed by atoms with van der Waals surface area (Å²) < 4.78 is 5.24. The number of amides is 1. The van der Waals surface area contributed by atoms with E-state index in [2.05, 4.69) is 64.2 Å². The molecule has 0 radical (unpaired) electrons. The molecule has 0 fully saturated rings. The van der Waals surface area contributed by atoms with E-state index in [1.165, 1.54) is 7.11 Å². The highest BCUT2D eigenvalue weighted by Crippen LogP contribution is 2.32. The lowest BCUT2D eigenvalue weighted by Gasteiger charge is -2.30. The van der Waals surface area contributed by atoms with Crippen LogP contribution in [0.3, 0.4) is 0 Å². The van der Waals surface area contributed by atoms with Gasteiger partial charge >= 0.3 is 6.01 Å². The number of allylic oxidation sites excluding steroid dienone is 2. The van der Waals surface area contributed by atoms with Crippen LogP contribution in [-0.2, 0) is 4.79 Å². The molecule has 1 aliphatic heterocycles. The quantitative estimate of drug-likeness (QED) is 0.544. The number of ether oxygens (including phenoxy) is 1. The van der Waals surface area contributed by atoms with Crippen molar-refractivity contribution < 1.29 is 9.53 Å². The number of methoxy groups -OCH3 is 1. The van der Waals surface area contributed by atoms with Crippen LogP contribution in [0, 0.1) is 5.92 Å². The molecule has 1 aromatic rings. The summed E-state index contributed by atoms with van der Waals surface area (Å²) in [6.45, 7) is 9.88. The van der Waals surface area contributed by atoms with E-state index in [0.717, 1.165) is 5.57 Å². The molecule has 1 N–H and O–H groups in total. The Kier molecular flexibility index (Phi) is 6.49. The number of nitrogens with zero attached hydrogens (tertiary/aromatic N) is 6. The van der Waals surface area contributed by atoms with Crippen molar-refractivity contribution in [1.82, 2.24) is 19.9 Å². The maximum absolute atomic E-state index is 11.9. The predicted molar refractivity (Wildman–Crippen MR) is 117 cm³/mol. The van der Waals surface area contributed by atoms with E-state index in [1.807, 2.05) is 24.4 Å². The van der Waals surface area contributed by atoms with E-state index in [-0.39, 0.29) is 41.9 Å². The molecule has 2 heterocycles. The molecule has 0 bridgehead atoms. The highest BCUT2D eigenvalue weighted by molar-refractivity contribution is 5.85. The summed E-state index contributed by atoms with van der Waals surface area (Å²) in [6.07, 6.45) is 11.6. The number of hydrogen-bond donors (Lipinski definition) is 1. The normalized spacial score (nSPS) is 20.1. The molecule has 1 aliphatic carbocycles. The Labute approximate surface area is 177 Å². The molecule has 9 nitrogen and oxygen atoms in total. The van der Waals surface area contributed by atoms with E-state index in [4.69, 9.17) is 4.74 Å². The average Bonchev–Trinajstić information content (AvgIpc) is 3.06. The van der Waals surface area contributed by atoms with Crippen molar-refractivity contribution in [3.63, 3.8) is 0 Å². The number of fused-ring (bicyclic) bond motifs is 1. The molecule has 0 saturated carbocycles. The van der Waals surface area contributed by atoms with Gasteiger partial charge in [0.1, 0.15) is 0 Å². The number of aromatic nitrogens is 3. The third-order valence-corrected chi connectivity index (χ3v) is 4.97. The first-order valence-electron chi connectivity index (χ1n) is 10.0. The second kappa shape index (κ2) is 9.06. The largest absolute Gasteiger partial charge is 0.467 e. The number of hydrogen-bond acceptors (Lipinski definition) is 8. The Hall–Kier alpha value is -3.23. The molecule has 2 unspecified atom stereocenters. The Morgan fingerprint density at radius 2 is 1.90 bits per heavy atom. The van der Waals surface area contributed by atoms with E-state index >= 15 is 0 Å². The SMILES string of the molecule is COc1nc(N/N=C/C2=CN(C(C)=O)C3C=CC=CC23)nc(N(C(C)C)C(C)C)n1. The second-order valence-corrected chi connectivity index (χ2v) is 7.75. The van der Waals surface area contributed by atoms with Gasteiger partial charge in [0.2, 0.25) is 11.9 Å². The van der Waals surface area contributed by atoms with Gasteiger partial charge in [-0.05, 0) is 33.3 Å². The van der Waals surface area contributed by atoms with Crippen molar-refractivity contribution in [1.29, 1.82) is 0 Å². The molecule has 9 heteroatoms. The number of hydrazone groups is 1. The topological polar surface area (TPSA) is 95.8 Å². The molecule has 0 spiro atoms. The van der Waals surface area contributed by atoms with Crippen LogP contribution in [0.25, 0.3) is 0 Å². The van der Waals surface area contributed by atoms with E-state index in [1.54, 1.807) is 18.0 Å². The molecule has 1 amide bonds. The van der Waals surface area contributed by atoms with Gasteiger partial charge in [0.25, 0.3) is 5.95 Å². The molecule has 2 aliphatic rings. The van der Waals surface area contributed by atoms with Crippen LogP contribution >= 0.6 is 0 Å². The second-order valence-electron chi connectivity index (χ2n) is 7.75. The standard InChI is InChI=1S/C21H29N7O2/c1-13(2)28(14(3)4)20-23-19(24-21(25-20)30-6)26-22-11-16-12-27(15(5)29)18-10-8-7-9-17(16)18/h7-14,17-18H,1-6H3,(H,23,24,25,26)/b22-11+. The van der Waals surface area contributed by atoms with Crippen molar-refractivity contribution in [2.45, 2.75) is 52.7 Å². The zero-order valence-corrected chi connectivity index (χ0v) is 18.3. The maximum Gasteiger partial charge on any atom is 0.322 e. The summed E-state index contributed by atoms with van der Waals surface area (Å²) in [5.41, 5.74) is 3.80. The molecular weight excluding hydrogens is 382 g/mol. The van der Waals surface area contributed by atoms with Crippen molar-refractivity contribution >= 4 is 24.0 Å². The predicted octanol–water partition coefficient (Wildman–Crippen LogP) is 2.76. The summed E-state index contributed by atoms with van der Waals surface area (Å²) in [6, 6.07) is 0.617. The van der Waals surface area contributed by atoms with Crippen molar-refractivity contribution in [3.05, 3.63) is 36.1 Å². The third-order valence-electron chi connectivity index (χ3n) is 4.97. The molecule has 2 atom stereocenters. The molecule has 30 heavy (non-hydrogen) atoms. The minimum atomic E-state index is -0.0107. The number of carbonyl (C=O) groups is 1. The average molecular weight is 412 g/mol. The monoisotopic (exact) mass is 411 g/mol. The van der Waals surface area contributed by atoms with E-state index in [0.29, 0.717) is 5.95 Å². The van der Waals surface area contributed by atoms with Gasteiger partial charge < -0.3 is 14.5 Å². The minimum Gasteiger partial charge on any atom is -0.467 e. The van der Waals surface area contributed by atoms with Gasteiger partial charge in [-0.1, -0.05) is 24.3 Å². The molecule has 0 saturated heterocycles. The van der Waals surface area contributed by atoms with Gasteiger partial charge in [0.15, 0.2) is 0 Å². The molecule has 1 aromatic heterocycles. The van der Waals surface area contributed by atoms with Crippen molar-refractivity contribution in [2.75, 3.05) is 17.4 Å². The van der Waals surface area contributed by atoms with Gasteiger partial charge in [0, 0.05) is 31.1 Å². The Morgan fingerprint density at radius 1 is 1.20 bits per heavy atom. The number of rotatable bonds is 7. The molecular formula is C21H29N7O2. The van der Waals surface area contributed by atoms with Crippen molar-refractivity contribution in [2.24, 2.45) is 11.0 Å². The third kappa shape index (κ3) is 4.50. The molecule has 0 aromatic carbocycles. The van der Waals surface area contributed by atoms with E-state index in [9.17, 15) is 4.79 Å². The molecule has 160 valence electrons. The fourth-order valence-electron chi connectivity index (χ4n) is 3.75. The lowest BCUT2D eigenvalue weighted by Crippen LogP contribution is -2.38. The van der Waals surface area contributed by atoms with Gasteiger partial charge in [-0.15, -0.1) is 0 Å². The van der Waals surface area contributed by atoms with E-state index < -0.39 is 0 Å². The summed E-state index contributed by atoms with van der Waals surface area (Å²) in [4.78, 5) is 28.9. The van der Waals surface area contributed by atoms with Crippen LogP contribution in [0.5, 0.6) is 6.01 Å². The first kappa shape index (κ1) is 21.5. The zero-order valence-electron chi connectivity index (χ0n) is 18.3. The van der Waals surface area contributed by atoms with Crippen LogP contribution < -0.4 is 15.1 Å². The number of nitrogens with one attached hydrogen (secondary N) is 1. The zero-order chi connectivity index (χ0) is 21.8. The van der Waals surface area contributed by atoms with Crippen molar-refractivity contribution in [3.8, 4) is 6.01 Å². The van der Waals surface area contributed by atoms with Crippen LogP contribution in [0.4, 0.5) is 11.9 Å².